The molecule has 0 unspecified atom stereocenters. The Morgan fingerprint density at radius 2 is 0.436 bits per heavy atom. The first-order valence-electron chi connectivity index (χ1n) is 35.9. The summed E-state index contributed by atoms with van der Waals surface area (Å²) in [4.78, 5) is 21.4. The number of rotatable bonds is 32. The van der Waals surface area contributed by atoms with Gasteiger partial charge >= 0.3 is 0 Å². The SMILES string of the molecule is CCCCCCCc1ccc(-c2cnc3c(ccn3-c3cc(-n4ccc5cc(-c6ccc(CCCCCCC)cc6)cnc54)c(-n4ccc5cc(-c6ccc(CCCCCCC)cc6)cnc54)cc3-n3ccc4cc(-c5ccc(CCCCCCC)cc5)cnc43)c2)cc1. The van der Waals surface area contributed by atoms with Crippen LogP contribution in [0.4, 0.5) is 0 Å². The van der Waals surface area contributed by atoms with Gasteiger partial charge in [0.05, 0.1) is 22.7 Å². The van der Waals surface area contributed by atoms with Crippen molar-refractivity contribution < 1.29 is 0 Å². The van der Waals surface area contributed by atoms with E-state index in [-0.39, 0.29) is 0 Å². The van der Waals surface area contributed by atoms with Crippen LogP contribution in [-0.2, 0) is 25.7 Å². The molecule has 13 rings (SSSR count). The molecule has 5 aromatic carbocycles. The third-order valence-electron chi connectivity index (χ3n) is 19.6. The molecule has 0 saturated heterocycles. The van der Waals surface area contributed by atoms with Crippen molar-refractivity contribution in [1.82, 2.24) is 38.2 Å². The standard InChI is InChI=1S/C86H94N8/c1-5-9-13-17-21-25-63-29-37-67(38-30-63)75-53-71-45-49-91(83(71)87-59-75)79-57-81(93-51-47-73-55-77(61-89-85(73)93)69-41-33-65(34-42-69)27-23-19-15-11-7-3)82(94-52-48-74-56-78(62-90-86(74)94)70-43-35-66(36-44-70)28-24-20-16-12-8-4)58-80(79)92-50-46-72-54-76(60-88-84(72)92)68-39-31-64(32-40-68)26-22-18-14-10-6-2/h29-62H,5-28H2,1-4H3. The van der Waals surface area contributed by atoms with Crippen LogP contribution in [0.15, 0.2) is 207 Å². The Balaban J connectivity index is 0.919. The molecule has 8 heteroatoms. The Morgan fingerprint density at radius 1 is 0.223 bits per heavy atom. The van der Waals surface area contributed by atoms with Gasteiger partial charge in [0.15, 0.2) is 0 Å². The molecule has 0 bridgehead atoms. The maximum Gasteiger partial charge on any atom is 0.144 e. The molecule has 0 aliphatic rings. The maximum atomic E-state index is 5.35. The Morgan fingerprint density at radius 3 is 0.649 bits per heavy atom. The topological polar surface area (TPSA) is 71.3 Å². The van der Waals surface area contributed by atoms with Crippen molar-refractivity contribution >= 4 is 44.1 Å². The number of hydrogen-bond donors (Lipinski definition) is 0. The lowest BCUT2D eigenvalue weighted by Gasteiger charge is -2.21. The molecule has 0 amide bonds. The number of unbranched alkanes of at least 4 members (excludes halogenated alkanes) is 16. The van der Waals surface area contributed by atoms with Gasteiger partial charge in [0, 0.05) is 93.4 Å². The van der Waals surface area contributed by atoms with Crippen molar-refractivity contribution in [1.29, 1.82) is 0 Å². The van der Waals surface area contributed by atoms with Crippen molar-refractivity contribution in [2.45, 2.75) is 182 Å². The lowest BCUT2D eigenvalue weighted by atomic mass is 10.0. The summed E-state index contributed by atoms with van der Waals surface area (Å²) in [7, 11) is 0. The van der Waals surface area contributed by atoms with Gasteiger partial charge in [-0.15, -0.1) is 0 Å². The highest BCUT2D eigenvalue weighted by Gasteiger charge is 2.23. The first-order chi connectivity index (χ1) is 46.4. The zero-order valence-electron chi connectivity index (χ0n) is 56.2. The molecule has 0 saturated carbocycles. The summed E-state index contributed by atoms with van der Waals surface area (Å²) in [5.74, 6) is 0. The Hall–Kier alpha value is -9.14. The molecule has 0 spiro atoms. The summed E-state index contributed by atoms with van der Waals surface area (Å²) >= 11 is 0. The second-order valence-corrected chi connectivity index (χ2v) is 26.6. The first kappa shape index (κ1) is 63.6. The van der Waals surface area contributed by atoms with Crippen molar-refractivity contribution in [3.05, 3.63) is 230 Å². The molecular weight excluding hydrogens is 1150 g/mol. The van der Waals surface area contributed by atoms with Gasteiger partial charge in [-0.3, -0.25) is 18.3 Å². The van der Waals surface area contributed by atoms with Crippen molar-refractivity contribution in [2.75, 3.05) is 0 Å². The van der Waals surface area contributed by atoms with Crippen LogP contribution >= 0.6 is 0 Å². The minimum Gasteiger partial charge on any atom is -0.299 e. The van der Waals surface area contributed by atoms with Gasteiger partial charge in [0.2, 0.25) is 0 Å². The average Bonchev–Trinajstić information content (AvgIpc) is 1.54. The third-order valence-corrected chi connectivity index (χ3v) is 19.6. The van der Waals surface area contributed by atoms with Crippen LogP contribution in [0.5, 0.6) is 0 Å². The van der Waals surface area contributed by atoms with Crippen LogP contribution in [0.25, 0.3) is 111 Å². The molecule has 8 nitrogen and oxygen atoms in total. The molecule has 13 aromatic rings. The average molecular weight is 1240 g/mol. The lowest BCUT2D eigenvalue weighted by molar-refractivity contribution is 0.632. The van der Waals surface area contributed by atoms with Crippen molar-refractivity contribution in [3.63, 3.8) is 0 Å². The summed E-state index contributed by atoms with van der Waals surface area (Å²) in [5.41, 5.74) is 21.9. The molecule has 0 radical (unpaired) electrons. The number of hydrogen-bond acceptors (Lipinski definition) is 4. The summed E-state index contributed by atoms with van der Waals surface area (Å²) in [6.07, 6.45) is 47.0. The van der Waals surface area contributed by atoms with Gasteiger partial charge in [-0.2, -0.15) is 0 Å². The summed E-state index contributed by atoms with van der Waals surface area (Å²) in [6, 6.07) is 59.2. The molecular formula is C86H94N8. The normalized spacial score (nSPS) is 11.8. The number of nitrogens with zero attached hydrogens (tertiary/aromatic N) is 8. The Bertz CT molecular complexity index is 4010. The minimum absolute atomic E-state index is 0.867. The largest absolute Gasteiger partial charge is 0.299 e. The van der Waals surface area contributed by atoms with Crippen LogP contribution < -0.4 is 0 Å². The van der Waals surface area contributed by atoms with Crippen LogP contribution in [0.1, 0.15) is 178 Å². The highest BCUT2D eigenvalue weighted by Crippen LogP contribution is 2.39. The van der Waals surface area contributed by atoms with E-state index < -0.39 is 0 Å². The van der Waals surface area contributed by atoms with Gasteiger partial charge in [-0.05, 0) is 157 Å². The Kier molecular flexibility index (Phi) is 20.8. The second-order valence-electron chi connectivity index (χ2n) is 26.6. The molecule has 0 fully saturated rings. The van der Waals surface area contributed by atoms with E-state index in [2.05, 4.69) is 228 Å². The quantitative estimate of drug-likeness (QED) is 0.0394. The van der Waals surface area contributed by atoms with Gasteiger partial charge in [0.25, 0.3) is 0 Å². The van der Waals surface area contributed by atoms with Crippen molar-refractivity contribution in [2.24, 2.45) is 0 Å². The number of aromatic nitrogens is 8. The molecule has 0 atom stereocenters. The van der Waals surface area contributed by atoms with E-state index >= 15 is 0 Å². The molecule has 0 aliphatic heterocycles. The number of benzene rings is 5. The molecule has 478 valence electrons. The van der Waals surface area contributed by atoms with E-state index in [1.807, 2.05) is 24.8 Å². The summed E-state index contributed by atoms with van der Waals surface area (Å²) in [6.45, 7) is 9.12. The summed E-state index contributed by atoms with van der Waals surface area (Å²) < 4.78 is 9.04. The fourth-order valence-electron chi connectivity index (χ4n) is 14.0. The predicted octanol–water partition coefficient (Wildman–Crippen LogP) is 23.8. The fraction of sp³-hybridized carbons (Fsp3) is 0.326. The fourth-order valence-corrected chi connectivity index (χ4v) is 14.0. The summed E-state index contributed by atoms with van der Waals surface area (Å²) in [5, 5.41) is 4.24. The van der Waals surface area contributed by atoms with Crippen LogP contribution in [0.3, 0.4) is 0 Å². The number of aryl methyl sites for hydroxylation is 4. The highest BCUT2D eigenvalue weighted by molar-refractivity contribution is 5.91. The molecule has 8 heterocycles. The van der Waals surface area contributed by atoms with E-state index in [4.69, 9.17) is 19.9 Å². The van der Waals surface area contributed by atoms with E-state index in [1.54, 1.807) is 0 Å². The second kappa shape index (κ2) is 30.7. The number of pyridine rings is 4. The molecule has 8 aromatic heterocycles. The van der Waals surface area contributed by atoms with Crippen molar-refractivity contribution in [3.8, 4) is 67.3 Å². The highest BCUT2D eigenvalue weighted by atomic mass is 15.1. The van der Waals surface area contributed by atoms with Crippen LogP contribution in [-0.4, -0.2) is 38.2 Å². The van der Waals surface area contributed by atoms with E-state index in [0.29, 0.717) is 0 Å². The molecule has 0 N–H and O–H groups in total. The lowest BCUT2D eigenvalue weighted by Crippen LogP contribution is -2.10. The molecule has 0 aliphatic carbocycles. The van der Waals surface area contributed by atoms with Gasteiger partial charge in [0.1, 0.15) is 22.6 Å². The zero-order valence-corrected chi connectivity index (χ0v) is 56.2. The van der Waals surface area contributed by atoms with Crippen LogP contribution in [0, 0.1) is 0 Å². The van der Waals surface area contributed by atoms with Crippen LogP contribution in [0.2, 0.25) is 0 Å². The zero-order chi connectivity index (χ0) is 64.0. The number of fused-ring (bicyclic) bond motifs is 4. The minimum atomic E-state index is 0.867. The predicted molar refractivity (Wildman–Crippen MR) is 397 cm³/mol. The first-order valence-corrected chi connectivity index (χ1v) is 35.9. The Labute approximate surface area is 557 Å². The van der Waals surface area contributed by atoms with E-state index in [0.717, 1.165) is 115 Å². The van der Waals surface area contributed by atoms with E-state index in [1.165, 1.54) is 173 Å². The smallest absolute Gasteiger partial charge is 0.144 e. The van der Waals surface area contributed by atoms with E-state index in [9.17, 15) is 0 Å². The third kappa shape index (κ3) is 14.6. The maximum absolute atomic E-state index is 5.35. The molecule has 94 heavy (non-hydrogen) atoms. The van der Waals surface area contributed by atoms with Gasteiger partial charge in [-0.25, -0.2) is 19.9 Å². The van der Waals surface area contributed by atoms with Gasteiger partial charge in [-0.1, -0.05) is 227 Å². The monoisotopic (exact) mass is 1240 g/mol. The van der Waals surface area contributed by atoms with Gasteiger partial charge < -0.3 is 0 Å².